The van der Waals surface area contributed by atoms with E-state index in [1.165, 1.54) is 16.5 Å². The number of fused-ring (bicyclic) bond motifs is 5. The van der Waals surface area contributed by atoms with Crippen molar-refractivity contribution in [3.05, 3.63) is 146 Å². The fraction of sp³-hybridized carbons (Fsp3) is 0. The van der Waals surface area contributed by atoms with Crippen LogP contribution < -0.4 is 0 Å². The highest BCUT2D eigenvalue weighted by molar-refractivity contribution is 6.20. The van der Waals surface area contributed by atoms with Gasteiger partial charge in [0.2, 0.25) is 0 Å². The van der Waals surface area contributed by atoms with Crippen LogP contribution in [0.25, 0.3) is 66.9 Å². The van der Waals surface area contributed by atoms with E-state index >= 15 is 0 Å². The summed E-state index contributed by atoms with van der Waals surface area (Å²) in [5, 5.41) is 2.33. The Balaban J connectivity index is 1.43. The smallest absolute Gasteiger partial charge is 0.146 e. The van der Waals surface area contributed by atoms with Crippen LogP contribution in [0.3, 0.4) is 0 Å². The highest BCUT2D eigenvalue weighted by Crippen LogP contribution is 2.39. The van der Waals surface area contributed by atoms with Gasteiger partial charge in [0.25, 0.3) is 0 Å². The molecule has 8 rings (SSSR count). The minimum absolute atomic E-state index is 0.846. The molecule has 0 saturated carbocycles. The number of benzene rings is 5. The zero-order valence-electron chi connectivity index (χ0n) is 21.6. The summed E-state index contributed by atoms with van der Waals surface area (Å²) in [6.45, 7) is 0. The summed E-state index contributed by atoms with van der Waals surface area (Å²) >= 11 is 0. The van der Waals surface area contributed by atoms with Gasteiger partial charge in [-0.25, -0.2) is 9.97 Å². The Hall–Kier alpha value is -5.48. The summed E-state index contributed by atoms with van der Waals surface area (Å²) in [5.74, 6) is 1.72. The van der Waals surface area contributed by atoms with Crippen molar-refractivity contribution in [1.82, 2.24) is 19.1 Å². The molecule has 0 aliphatic heterocycles. The predicted octanol–water partition coefficient (Wildman–Crippen LogP) is 8.85. The quantitative estimate of drug-likeness (QED) is 0.236. The van der Waals surface area contributed by atoms with Crippen molar-refractivity contribution in [1.29, 1.82) is 0 Å². The Morgan fingerprint density at radius 3 is 1.88 bits per heavy atom. The first kappa shape index (κ1) is 22.5. The molecule has 8 aromatic rings. The van der Waals surface area contributed by atoms with E-state index in [9.17, 15) is 0 Å². The number of para-hydroxylation sites is 2. The largest absolute Gasteiger partial charge is 0.309 e. The molecule has 0 fully saturated rings. The van der Waals surface area contributed by atoms with Gasteiger partial charge in [-0.05, 0) is 53.6 Å². The zero-order chi connectivity index (χ0) is 26.5. The minimum Gasteiger partial charge on any atom is -0.309 e. The molecule has 4 heteroatoms. The van der Waals surface area contributed by atoms with Crippen molar-refractivity contribution in [3.8, 4) is 34.0 Å². The molecule has 0 aliphatic carbocycles. The van der Waals surface area contributed by atoms with E-state index in [1.807, 2.05) is 30.5 Å². The van der Waals surface area contributed by atoms with Crippen molar-refractivity contribution >= 4 is 32.8 Å². The lowest BCUT2D eigenvalue weighted by molar-refractivity contribution is 1.03. The van der Waals surface area contributed by atoms with Crippen molar-refractivity contribution in [2.24, 2.45) is 0 Å². The molecule has 0 N–H and O–H groups in total. The van der Waals surface area contributed by atoms with Gasteiger partial charge < -0.3 is 4.57 Å². The van der Waals surface area contributed by atoms with E-state index in [1.54, 1.807) is 0 Å². The fourth-order valence-electron chi connectivity index (χ4n) is 5.80. The number of hydrogen-bond acceptors (Lipinski definition) is 2. The summed E-state index contributed by atoms with van der Waals surface area (Å²) in [6, 6.07) is 48.7. The molecule has 4 nitrogen and oxygen atoms in total. The van der Waals surface area contributed by atoms with Crippen LogP contribution in [-0.2, 0) is 0 Å². The molecule has 0 spiro atoms. The van der Waals surface area contributed by atoms with Crippen molar-refractivity contribution in [3.63, 3.8) is 0 Å². The lowest BCUT2D eigenvalue weighted by Crippen LogP contribution is -1.99. The van der Waals surface area contributed by atoms with Gasteiger partial charge in [-0.3, -0.25) is 4.57 Å². The van der Waals surface area contributed by atoms with E-state index in [4.69, 9.17) is 9.97 Å². The first-order chi connectivity index (χ1) is 19.9. The third-order valence-corrected chi connectivity index (χ3v) is 7.60. The van der Waals surface area contributed by atoms with Gasteiger partial charge in [-0.15, -0.1) is 0 Å². The molecular weight excluding hydrogens is 488 g/mol. The third kappa shape index (κ3) is 3.47. The second-order valence-electron chi connectivity index (χ2n) is 9.92. The zero-order valence-corrected chi connectivity index (χ0v) is 21.6. The monoisotopic (exact) mass is 512 g/mol. The number of pyridine rings is 1. The van der Waals surface area contributed by atoms with Gasteiger partial charge >= 0.3 is 0 Å². The average Bonchev–Trinajstić information content (AvgIpc) is 3.59. The first-order valence-electron chi connectivity index (χ1n) is 13.4. The van der Waals surface area contributed by atoms with Crippen LogP contribution in [0, 0.1) is 0 Å². The summed E-state index contributed by atoms with van der Waals surface area (Å²) in [5.41, 5.74) is 8.85. The minimum atomic E-state index is 0.846. The second-order valence-corrected chi connectivity index (χ2v) is 9.92. The van der Waals surface area contributed by atoms with Crippen LogP contribution in [0.1, 0.15) is 0 Å². The molecule has 3 heterocycles. The summed E-state index contributed by atoms with van der Waals surface area (Å²) in [4.78, 5) is 10.1. The number of nitrogens with zero attached hydrogens (tertiary/aromatic N) is 4. The molecule has 188 valence electrons. The van der Waals surface area contributed by atoms with Gasteiger partial charge in [0, 0.05) is 28.2 Å². The molecule has 40 heavy (non-hydrogen) atoms. The Bertz CT molecular complexity index is 2120. The maximum atomic E-state index is 5.36. The second kappa shape index (κ2) is 9.07. The van der Waals surface area contributed by atoms with Crippen LogP contribution in [0.4, 0.5) is 0 Å². The van der Waals surface area contributed by atoms with Crippen molar-refractivity contribution in [2.75, 3.05) is 0 Å². The molecule has 0 atom stereocenters. The van der Waals surface area contributed by atoms with Crippen LogP contribution >= 0.6 is 0 Å². The predicted molar refractivity (Wildman–Crippen MR) is 164 cm³/mol. The van der Waals surface area contributed by atoms with Gasteiger partial charge in [-0.1, -0.05) is 97.1 Å². The molecule has 3 aromatic heterocycles. The van der Waals surface area contributed by atoms with E-state index < -0.39 is 0 Å². The van der Waals surface area contributed by atoms with Crippen LogP contribution in [0.2, 0.25) is 0 Å². The number of aromatic nitrogens is 4. The van der Waals surface area contributed by atoms with Gasteiger partial charge in [-0.2, -0.15) is 0 Å². The summed E-state index contributed by atoms with van der Waals surface area (Å²) < 4.78 is 4.51. The normalized spacial score (nSPS) is 11.5. The third-order valence-electron chi connectivity index (χ3n) is 7.60. The summed E-state index contributed by atoms with van der Waals surface area (Å²) in [6.07, 6.45) is 1.84. The van der Waals surface area contributed by atoms with Crippen molar-refractivity contribution in [2.45, 2.75) is 0 Å². The average molecular weight is 513 g/mol. The molecular formula is C36H24N4. The Morgan fingerprint density at radius 2 is 1.10 bits per heavy atom. The van der Waals surface area contributed by atoms with Crippen LogP contribution in [-0.4, -0.2) is 19.1 Å². The standard InChI is InChI=1S/C36H24N4/c1-3-11-25(12-4-1)26-18-20-27(21-19-26)36-38-35-32(40(36)33-17-9-10-24-37-33)23-22-31-34(35)29-15-7-8-16-30(29)39(31)28-13-5-2-6-14-28/h1-24H. The number of rotatable bonds is 4. The fourth-order valence-corrected chi connectivity index (χ4v) is 5.80. The molecule has 0 unspecified atom stereocenters. The molecule has 0 aliphatic rings. The highest BCUT2D eigenvalue weighted by atomic mass is 15.1. The van der Waals surface area contributed by atoms with Gasteiger partial charge in [0.1, 0.15) is 11.6 Å². The first-order valence-corrected chi connectivity index (χ1v) is 13.4. The van der Waals surface area contributed by atoms with E-state index in [2.05, 4.69) is 124 Å². The Labute approximate surface area is 231 Å². The molecule has 0 bridgehead atoms. The van der Waals surface area contributed by atoms with Gasteiger partial charge in [0.15, 0.2) is 0 Å². The molecule has 5 aromatic carbocycles. The van der Waals surface area contributed by atoms with Crippen LogP contribution in [0.5, 0.6) is 0 Å². The van der Waals surface area contributed by atoms with E-state index in [0.717, 1.165) is 50.3 Å². The maximum absolute atomic E-state index is 5.36. The summed E-state index contributed by atoms with van der Waals surface area (Å²) in [7, 11) is 0. The Kier molecular flexibility index (Phi) is 5.10. The van der Waals surface area contributed by atoms with E-state index in [0.29, 0.717) is 0 Å². The maximum Gasteiger partial charge on any atom is 0.146 e. The highest BCUT2D eigenvalue weighted by Gasteiger charge is 2.21. The van der Waals surface area contributed by atoms with E-state index in [-0.39, 0.29) is 0 Å². The number of hydrogen-bond donors (Lipinski definition) is 0. The lowest BCUT2D eigenvalue weighted by Gasteiger charge is -2.10. The topological polar surface area (TPSA) is 35.6 Å². The van der Waals surface area contributed by atoms with Gasteiger partial charge in [0.05, 0.1) is 22.1 Å². The molecule has 0 radical (unpaired) electrons. The van der Waals surface area contributed by atoms with Crippen molar-refractivity contribution < 1.29 is 0 Å². The Morgan fingerprint density at radius 1 is 0.450 bits per heavy atom. The SMILES string of the molecule is c1ccc(-c2ccc(-c3nc4c5c6ccccc6n(-c6ccccc6)c5ccc4n3-c3ccccn3)cc2)cc1. The molecule has 0 saturated heterocycles. The lowest BCUT2D eigenvalue weighted by atomic mass is 10.0. The number of imidazole rings is 1. The molecule has 0 amide bonds. The van der Waals surface area contributed by atoms with Crippen LogP contribution in [0.15, 0.2) is 146 Å².